The van der Waals surface area contributed by atoms with E-state index in [-0.39, 0.29) is 23.2 Å². The van der Waals surface area contributed by atoms with Crippen LogP contribution in [0.25, 0.3) is 0 Å². The molecule has 114 valence electrons. The van der Waals surface area contributed by atoms with E-state index >= 15 is 0 Å². The number of nitrogens with zero attached hydrogens (tertiary/aromatic N) is 2. The van der Waals surface area contributed by atoms with Gasteiger partial charge >= 0.3 is 0 Å². The number of amidine groups is 1. The Labute approximate surface area is 119 Å². The van der Waals surface area contributed by atoms with Gasteiger partial charge in [-0.25, -0.2) is 0 Å². The molecule has 1 unspecified atom stereocenters. The van der Waals surface area contributed by atoms with Crippen LogP contribution in [0.15, 0.2) is 5.16 Å². The second-order valence-electron chi connectivity index (χ2n) is 5.81. The molecule has 1 amide bonds. The van der Waals surface area contributed by atoms with Crippen LogP contribution < -0.4 is 11.1 Å². The van der Waals surface area contributed by atoms with Gasteiger partial charge in [-0.2, -0.15) is 0 Å². The number of nitrogens with one attached hydrogen (secondary N) is 1. The summed E-state index contributed by atoms with van der Waals surface area (Å²) in [6.45, 7) is 5.18. The maximum atomic E-state index is 12.2. The SMILES string of the molecule is CC(NCC1(CC(N)=NO)CC1)C(=O)N1CCOCC1. The van der Waals surface area contributed by atoms with Gasteiger partial charge in [0.2, 0.25) is 5.91 Å². The fourth-order valence-corrected chi connectivity index (χ4v) is 2.53. The maximum absolute atomic E-state index is 12.2. The Morgan fingerprint density at radius 2 is 2.15 bits per heavy atom. The lowest BCUT2D eigenvalue weighted by atomic mass is 10.0. The number of morpholine rings is 1. The highest BCUT2D eigenvalue weighted by Gasteiger charge is 2.43. The van der Waals surface area contributed by atoms with E-state index in [2.05, 4.69) is 10.5 Å². The monoisotopic (exact) mass is 284 g/mol. The minimum absolute atomic E-state index is 0.0653. The van der Waals surface area contributed by atoms with Crippen LogP contribution in [-0.4, -0.2) is 60.7 Å². The Morgan fingerprint density at radius 3 is 2.70 bits per heavy atom. The normalized spacial score (nSPS) is 23.4. The summed E-state index contributed by atoms with van der Waals surface area (Å²) in [6.07, 6.45) is 2.68. The van der Waals surface area contributed by atoms with Gasteiger partial charge in [0.1, 0.15) is 5.84 Å². The molecule has 0 bridgehead atoms. The fourth-order valence-electron chi connectivity index (χ4n) is 2.53. The van der Waals surface area contributed by atoms with Gasteiger partial charge in [0.05, 0.1) is 19.3 Å². The predicted molar refractivity (Wildman–Crippen MR) is 74.6 cm³/mol. The standard InChI is InChI=1S/C13H24N4O3/c1-10(12(18)17-4-6-20-7-5-17)15-9-13(2-3-13)8-11(14)16-19/h10,15,19H,2-9H2,1H3,(H2,14,16). The highest BCUT2D eigenvalue weighted by atomic mass is 16.5. The van der Waals surface area contributed by atoms with E-state index in [9.17, 15) is 4.79 Å². The summed E-state index contributed by atoms with van der Waals surface area (Å²) in [6, 6.07) is -0.210. The average Bonchev–Trinajstić information content (AvgIpc) is 3.24. The molecular weight excluding hydrogens is 260 g/mol. The average molecular weight is 284 g/mol. The summed E-state index contributed by atoms with van der Waals surface area (Å²) >= 11 is 0. The lowest BCUT2D eigenvalue weighted by Crippen LogP contribution is -2.50. The number of hydrogen-bond donors (Lipinski definition) is 3. The first kappa shape index (κ1) is 15.1. The lowest BCUT2D eigenvalue weighted by Gasteiger charge is -2.30. The Bertz CT molecular complexity index is 376. The third kappa shape index (κ3) is 3.83. The third-order valence-corrected chi connectivity index (χ3v) is 4.12. The quantitative estimate of drug-likeness (QED) is 0.270. The molecule has 0 aromatic heterocycles. The zero-order valence-corrected chi connectivity index (χ0v) is 12.0. The van der Waals surface area contributed by atoms with Crippen LogP contribution in [0, 0.1) is 5.41 Å². The van der Waals surface area contributed by atoms with Crippen molar-refractivity contribution in [3.05, 3.63) is 0 Å². The first-order chi connectivity index (χ1) is 9.56. The molecule has 1 saturated heterocycles. The first-order valence-electron chi connectivity index (χ1n) is 7.13. The van der Waals surface area contributed by atoms with Crippen LogP contribution >= 0.6 is 0 Å². The highest BCUT2D eigenvalue weighted by Crippen LogP contribution is 2.48. The van der Waals surface area contributed by atoms with Crippen molar-refractivity contribution in [1.82, 2.24) is 10.2 Å². The van der Waals surface area contributed by atoms with Crippen molar-refractivity contribution in [2.75, 3.05) is 32.8 Å². The van der Waals surface area contributed by atoms with E-state index in [0.29, 0.717) is 32.7 Å². The Kier molecular flexibility index (Phi) is 4.82. The summed E-state index contributed by atoms with van der Waals surface area (Å²) in [7, 11) is 0. The van der Waals surface area contributed by atoms with E-state index < -0.39 is 0 Å². The molecule has 2 aliphatic rings. The van der Waals surface area contributed by atoms with Gasteiger partial charge in [-0.15, -0.1) is 0 Å². The summed E-state index contributed by atoms with van der Waals surface area (Å²) in [4.78, 5) is 14.1. The second kappa shape index (κ2) is 6.41. The number of nitrogens with two attached hydrogens (primary N) is 1. The van der Waals surface area contributed by atoms with E-state index in [1.165, 1.54) is 0 Å². The van der Waals surface area contributed by atoms with E-state index in [1.807, 2.05) is 11.8 Å². The number of hydrogen-bond acceptors (Lipinski definition) is 5. The van der Waals surface area contributed by atoms with Crippen molar-refractivity contribution in [2.24, 2.45) is 16.3 Å². The number of amides is 1. The molecule has 4 N–H and O–H groups in total. The van der Waals surface area contributed by atoms with Crippen LogP contribution in [0.4, 0.5) is 0 Å². The number of rotatable bonds is 6. The molecule has 1 heterocycles. The number of carbonyl (C=O) groups excluding carboxylic acids is 1. The molecule has 0 aromatic carbocycles. The number of ether oxygens (including phenoxy) is 1. The van der Waals surface area contributed by atoms with Crippen molar-refractivity contribution in [1.29, 1.82) is 0 Å². The summed E-state index contributed by atoms with van der Waals surface area (Å²) in [5, 5.41) is 14.9. The molecule has 7 heteroatoms. The minimum Gasteiger partial charge on any atom is -0.409 e. The van der Waals surface area contributed by atoms with Gasteiger partial charge in [-0.05, 0) is 25.2 Å². The van der Waals surface area contributed by atoms with Gasteiger partial charge in [0.15, 0.2) is 0 Å². The molecule has 1 aliphatic carbocycles. The predicted octanol–water partition coefficient (Wildman–Crippen LogP) is -0.260. The van der Waals surface area contributed by atoms with Crippen LogP contribution in [-0.2, 0) is 9.53 Å². The molecule has 2 rings (SSSR count). The Morgan fingerprint density at radius 1 is 1.50 bits per heavy atom. The molecule has 20 heavy (non-hydrogen) atoms. The molecule has 0 spiro atoms. The van der Waals surface area contributed by atoms with Crippen molar-refractivity contribution in [3.8, 4) is 0 Å². The zero-order valence-electron chi connectivity index (χ0n) is 12.0. The summed E-state index contributed by atoms with van der Waals surface area (Å²) in [5.74, 6) is 0.379. The third-order valence-electron chi connectivity index (χ3n) is 4.12. The van der Waals surface area contributed by atoms with Gasteiger partial charge in [0, 0.05) is 26.1 Å². The molecule has 7 nitrogen and oxygen atoms in total. The van der Waals surface area contributed by atoms with Crippen molar-refractivity contribution in [2.45, 2.75) is 32.2 Å². The van der Waals surface area contributed by atoms with Gasteiger partial charge in [-0.3, -0.25) is 4.79 Å². The van der Waals surface area contributed by atoms with Crippen molar-refractivity contribution < 1.29 is 14.7 Å². The molecule has 0 radical (unpaired) electrons. The summed E-state index contributed by atoms with van der Waals surface area (Å²) < 4.78 is 5.24. The van der Waals surface area contributed by atoms with Crippen LogP contribution in [0.2, 0.25) is 0 Å². The van der Waals surface area contributed by atoms with E-state index in [4.69, 9.17) is 15.7 Å². The first-order valence-corrected chi connectivity index (χ1v) is 7.13. The van der Waals surface area contributed by atoms with Crippen molar-refractivity contribution in [3.63, 3.8) is 0 Å². The maximum Gasteiger partial charge on any atom is 0.239 e. The lowest BCUT2D eigenvalue weighted by molar-refractivity contribution is -0.137. The number of carbonyl (C=O) groups is 1. The van der Waals surface area contributed by atoms with Crippen molar-refractivity contribution >= 4 is 11.7 Å². The van der Waals surface area contributed by atoms with Gasteiger partial charge in [0.25, 0.3) is 0 Å². The molecule has 2 fully saturated rings. The van der Waals surface area contributed by atoms with E-state index in [1.54, 1.807) is 0 Å². The molecule has 0 aromatic rings. The van der Waals surface area contributed by atoms with Gasteiger partial charge < -0.3 is 25.9 Å². The smallest absolute Gasteiger partial charge is 0.239 e. The molecule has 1 atom stereocenters. The minimum atomic E-state index is -0.210. The summed E-state index contributed by atoms with van der Waals surface area (Å²) in [5.41, 5.74) is 5.63. The number of oxime groups is 1. The topological polar surface area (TPSA) is 100 Å². The largest absolute Gasteiger partial charge is 0.409 e. The van der Waals surface area contributed by atoms with Crippen LogP contribution in [0.1, 0.15) is 26.2 Å². The molecule has 1 saturated carbocycles. The van der Waals surface area contributed by atoms with Crippen LogP contribution in [0.3, 0.4) is 0 Å². The Hall–Kier alpha value is -1.34. The molecular formula is C13H24N4O3. The van der Waals surface area contributed by atoms with E-state index in [0.717, 1.165) is 19.4 Å². The Balaban J connectivity index is 1.77. The zero-order chi connectivity index (χ0) is 14.6. The van der Waals surface area contributed by atoms with Gasteiger partial charge in [-0.1, -0.05) is 5.16 Å². The van der Waals surface area contributed by atoms with Crippen LogP contribution in [0.5, 0.6) is 0 Å². The fraction of sp³-hybridized carbons (Fsp3) is 0.846. The highest BCUT2D eigenvalue weighted by molar-refractivity contribution is 5.82. The molecule has 1 aliphatic heterocycles. The second-order valence-corrected chi connectivity index (χ2v) is 5.81.